The summed E-state index contributed by atoms with van der Waals surface area (Å²) in [6, 6.07) is 0. The van der Waals surface area contributed by atoms with Crippen LogP contribution in [-0.4, -0.2) is 52.3 Å². The lowest BCUT2D eigenvalue weighted by molar-refractivity contribution is -0.159. The fraction of sp³-hybridized carbons (Fsp3) is 0.786. The van der Waals surface area contributed by atoms with Crippen molar-refractivity contribution >= 4 is 23.4 Å². The molecule has 0 saturated heterocycles. The number of hydrogen-bond donors (Lipinski definition) is 3. The number of carbonyl (C=O) groups is 3. The molecule has 0 heterocycles. The molecule has 36 heavy (non-hydrogen) atoms. The smallest absolute Gasteiger partial charge is 0.303 e. The van der Waals surface area contributed by atoms with Gasteiger partial charge in [-0.05, 0) is 100 Å². The molecular weight excluding hydrogens is 460 g/mol. The quantitative estimate of drug-likeness (QED) is 0.323. The van der Waals surface area contributed by atoms with Crippen LogP contribution in [0.3, 0.4) is 0 Å². The first-order chi connectivity index (χ1) is 17.0. The number of ketones is 1. The first-order valence-corrected chi connectivity index (χ1v) is 13.6. The molecule has 0 aromatic heterocycles. The van der Waals surface area contributed by atoms with Crippen LogP contribution in [0.1, 0.15) is 91.4 Å². The van der Waals surface area contributed by atoms with Gasteiger partial charge in [0.15, 0.2) is 12.4 Å². The van der Waals surface area contributed by atoms with Gasteiger partial charge < -0.3 is 20.4 Å². The maximum Gasteiger partial charge on any atom is 0.303 e. The number of oxime groups is 1. The lowest BCUT2D eigenvalue weighted by Crippen LogP contribution is -2.57. The summed E-state index contributed by atoms with van der Waals surface area (Å²) in [5.74, 6) is 0.333. The highest BCUT2D eigenvalue weighted by atomic mass is 16.6. The molecule has 0 aromatic rings. The van der Waals surface area contributed by atoms with Gasteiger partial charge in [-0.25, -0.2) is 0 Å². The summed E-state index contributed by atoms with van der Waals surface area (Å²) >= 11 is 0. The van der Waals surface area contributed by atoms with Crippen molar-refractivity contribution in [3.8, 4) is 0 Å². The first-order valence-electron chi connectivity index (χ1n) is 13.6. The van der Waals surface area contributed by atoms with E-state index in [1.807, 2.05) is 0 Å². The Morgan fingerprint density at radius 3 is 2.56 bits per heavy atom. The van der Waals surface area contributed by atoms with Gasteiger partial charge in [-0.1, -0.05) is 24.6 Å². The summed E-state index contributed by atoms with van der Waals surface area (Å²) in [7, 11) is 0. The van der Waals surface area contributed by atoms with Crippen LogP contribution in [0.5, 0.6) is 0 Å². The normalized spacial score (nSPS) is 38.4. The summed E-state index contributed by atoms with van der Waals surface area (Å²) in [6.07, 6.45) is 10.8. The number of carboxylic acids is 1. The molecule has 200 valence electrons. The number of amides is 1. The van der Waals surface area contributed by atoms with Crippen LogP contribution >= 0.6 is 0 Å². The second kappa shape index (κ2) is 10.3. The van der Waals surface area contributed by atoms with Crippen LogP contribution in [-0.2, 0) is 19.2 Å². The van der Waals surface area contributed by atoms with Crippen LogP contribution in [0.4, 0.5) is 0 Å². The van der Waals surface area contributed by atoms with Crippen molar-refractivity contribution in [3.05, 3.63) is 11.6 Å². The van der Waals surface area contributed by atoms with Crippen molar-refractivity contribution in [1.82, 2.24) is 5.32 Å². The summed E-state index contributed by atoms with van der Waals surface area (Å²) in [4.78, 5) is 40.2. The van der Waals surface area contributed by atoms with Gasteiger partial charge in [0.2, 0.25) is 0 Å². The Hall–Kier alpha value is -2.22. The van der Waals surface area contributed by atoms with Crippen molar-refractivity contribution in [2.45, 2.75) is 97.0 Å². The Balaban J connectivity index is 1.34. The van der Waals surface area contributed by atoms with Gasteiger partial charge in [0.25, 0.3) is 5.91 Å². The molecule has 0 spiro atoms. The van der Waals surface area contributed by atoms with Gasteiger partial charge in [0.05, 0.1) is 5.71 Å². The Morgan fingerprint density at radius 2 is 1.83 bits per heavy atom. The van der Waals surface area contributed by atoms with Crippen LogP contribution in [0.2, 0.25) is 0 Å². The number of hydrogen-bond acceptors (Lipinski definition) is 6. The summed E-state index contributed by atoms with van der Waals surface area (Å²) in [6.45, 7) is 6.39. The molecule has 3 saturated carbocycles. The van der Waals surface area contributed by atoms with Crippen molar-refractivity contribution in [3.63, 3.8) is 0 Å². The Morgan fingerprint density at radius 1 is 1.08 bits per heavy atom. The van der Waals surface area contributed by atoms with E-state index in [2.05, 4.69) is 30.4 Å². The number of carbonyl (C=O) groups excluding carboxylic acids is 2. The zero-order chi connectivity index (χ0) is 26.1. The number of carboxylic acid groups (broad SMARTS) is 1. The molecule has 0 aromatic carbocycles. The second-order valence-corrected chi connectivity index (χ2v) is 12.0. The Bertz CT molecular complexity index is 960. The highest BCUT2D eigenvalue weighted by molar-refractivity contribution is 5.96. The molecule has 4 aliphatic carbocycles. The number of nitrogens with one attached hydrogen (secondary N) is 1. The molecule has 8 nitrogen and oxygen atoms in total. The zero-order valence-electron chi connectivity index (χ0n) is 22.0. The average Bonchev–Trinajstić information content (AvgIpc) is 3.11. The molecule has 3 N–H and O–H groups in total. The van der Waals surface area contributed by atoms with E-state index < -0.39 is 11.6 Å². The lowest BCUT2D eigenvalue weighted by Gasteiger charge is -2.59. The van der Waals surface area contributed by atoms with Gasteiger partial charge >= 0.3 is 5.97 Å². The van der Waals surface area contributed by atoms with Gasteiger partial charge in [0, 0.05) is 18.4 Å². The lowest BCUT2D eigenvalue weighted by atomic mass is 9.46. The minimum atomic E-state index is -1.17. The van der Waals surface area contributed by atoms with E-state index in [0.29, 0.717) is 43.6 Å². The van der Waals surface area contributed by atoms with Gasteiger partial charge in [-0.15, -0.1) is 0 Å². The van der Waals surface area contributed by atoms with Crippen LogP contribution in [0.25, 0.3) is 0 Å². The third-order valence-electron chi connectivity index (χ3n) is 10.2. The van der Waals surface area contributed by atoms with Crippen LogP contribution < -0.4 is 5.32 Å². The van der Waals surface area contributed by atoms with Gasteiger partial charge in [-0.2, -0.15) is 0 Å². The summed E-state index contributed by atoms with van der Waals surface area (Å²) < 4.78 is 0. The number of nitrogens with zero attached hydrogens (tertiary/aromatic N) is 1. The molecule has 3 fully saturated rings. The predicted octanol–water partition coefficient (Wildman–Crippen LogP) is 4.01. The van der Waals surface area contributed by atoms with E-state index in [4.69, 9.17) is 9.94 Å². The van der Waals surface area contributed by atoms with Gasteiger partial charge in [-0.3, -0.25) is 14.4 Å². The average molecular weight is 503 g/mol. The highest BCUT2D eigenvalue weighted by Gasteiger charge is 2.65. The van der Waals surface area contributed by atoms with E-state index >= 15 is 0 Å². The fourth-order valence-electron chi connectivity index (χ4n) is 8.09. The molecule has 4 rings (SSSR count). The zero-order valence-corrected chi connectivity index (χ0v) is 22.0. The number of aliphatic hydroxyl groups is 1. The van der Waals surface area contributed by atoms with Crippen molar-refractivity contribution in [2.75, 3.05) is 13.2 Å². The molecule has 0 unspecified atom stereocenters. The maximum absolute atomic E-state index is 12.4. The SMILES string of the molecule is CC(=O)[C@@]1(O)CC[C@H]2[C@@H]3CCC4=CC(=NOCC(=O)NCCCCC(=O)O)CC[C@]4(C)[C@H]3CC[C@@]21C. The van der Waals surface area contributed by atoms with Gasteiger partial charge in [0.1, 0.15) is 5.60 Å². The third-order valence-corrected chi connectivity index (χ3v) is 10.2. The molecule has 8 heteroatoms. The maximum atomic E-state index is 12.4. The molecule has 0 aliphatic heterocycles. The number of aliphatic carboxylic acids is 1. The third kappa shape index (κ3) is 4.73. The second-order valence-electron chi connectivity index (χ2n) is 12.0. The van der Waals surface area contributed by atoms with E-state index in [0.717, 1.165) is 50.7 Å². The standard InChI is InChI=1S/C28H42N2O6/c1-18(31)28(35)14-11-23-21-8-7-19-16-20(9-12-26(19,2)22(21)10-13-27(23,28)3)30-36-17-24(32)29-15-5-4-6-25(33)34/h16,21-23,35H,4-15,17H2,1-3H3,(H,29,32)(H,33,34)/t21-,22+,23+,26+,27+,28+/m1/s1. The minimum Gasteiger partial charge on any atom is -0.481 e. The summed E-state index contributed by atoms with van der Waals surface area (Å²) in [5, 5.41) is 26.9. The van der Waals surface area contributed by atoms with E-state index in [-0.39, 0.29) is 35.5 Å². The van der Waals surface area contributed by atoms with E-state index in [1.165, 1.54) is 5.57 Å². The largest absolute Gasteiger partial charge is 0.481 e. The number of unbranched alkanes of at least 4 members (excludes halogenated alkanes) is 1. The van der Waals surface area contributed by atoms with Crippen molar-refractivity contribution in [1.29, 1.82) is 0 Å². The number of fused-ring (bicyclic) bond motifs is 5. The van der Waals surface area contributed by atoms with E-state index in [9.17, 15) is 19.5 Å². The molecule has 0 radical (unpaired) electrons. The number of rotatable bonds is 9. The fourth-order valence-corrected chi connectivity index (χ4v) is 8.09. The van der Waals surface area contributed by atoms with Crippen LogP contribution in [0.15, 0.2) is 16.8 Å². The molecule has 1 amide bonds. The van der Waals surface area contributed by atoms with Crippen molar-refractivity contribution < 1.29 is 29.4 Å². The predicted molar refractivity (Wildman–Crippen MR) is 135 cm³/mol. The molecular formula is C28H42N2O6. The number of Topliss-reactive ketones (excluding diaryl/α,β-unsaturated/α-hetero) is 1. The minimum absolute atomic E-state index is 0.0704. The monoisotopic (exact) mass is 502 g/mol. The highest BCUT2D eigenvalue weighted by Crippen LogP contribution is 2.67. The Kier molecular flexibility index (Phi) is 7.65. The van der Waals surface area contributed by atoms with Crippen molar-refractivity contribution in [2.24, 2.45) is 33.7 Å². The topological polar surface area (TPSA) is 125 Å². The summed E-state index contributed by atoms with van der Waals surface area (Å²) in [5.41, 5.74) is 0.914. The van der Waals surface area contributed by atoms with E-state index in [1.54, 1.807) is 6.92 Å². The molecule has 4 aliphatic rings. The molecule has 0 bridgehead atoms. The van der Waals surface area contributed by atoms with Crippen LogP contribution in [0, 0.1) is 28.6 Å². The Labute approximate surface area is 213 Å². The first kappa shape index (κ1) is 26.8. The number of allylic oxidation sites excluding steroid dienone is 2. The molecule has 6 atom stereocenters.